The lowest BCUT2D eigenvalue weighted by Crippen LogP contribution is -2.50. The Hall–Kier alpha value is -0.650. The Morgan fingerprint density at radius 2 is 1.82 bits per heavy atom. The summed E-state index contributed by atoms with van der Waals surface area (Å²) < 4.78 is 5.30. The maximum atomic E-state index is 12.2. The first-order valence-corrected chi connectivity index (χ1v) is 6.24. The first kappa shape index (κ1) is 14.4. The molecule has 5 heteroatoms. The Kier molecular flexibility index (Phi) is 5.88. The van der Waals surface area contributed by atoms with Crippen molar-refractivity contribution in [3.63, 3.8) is 0 Å². The van der Waals surface area contributed by atoms with Gasteiger partial charge in [-0.05, 0) is 21.0 Å². The molecule has 0 aromatic heterocycles. The van der Waals surface area contributed by atoms with Gasteiger partial charge in [0.25, 0.3) is 0 Å². The average molecular weight is 243 g/mol. The predicted molar refractivity (Wildman–Crippen MR) is 68.0 cm³/mol. The summed E-state index contributed by atoms with van der Waals surface area (Å²) in [5.41, 5.74) is 0. The maximum Gasteiger partial charge on any atom is 0.239 e. The second-order valence-electron chi connectivity index (χ2n) is 4.89. The van der Waals surface area contributed by atoms with Crippen molar-refractivity contribution in [2.24, 2.45) is 0 Å². The van der Waals surface area contributed by atoms with E-state index in [0.29, 0.717) is 0 Å². The van der Waals surface area contributed by atoms with E-state index in [0.717, 1.165) is 39.4 Å². The van der Waals surface area contributed by atoms with Gasteiger partial charge in [0, 0.05) is 33.2 Å². The zero-order chi connectivity index (χ0) is 12.8. The number of nitrogens with zero attached hydrogens (tertiary/aromatic N) is 3. The minimum atomic E-state index is -0.0361. The van der Waals surface area contributed by atoms with Crippen LogP contribution in [0, 0.1) is 0 Å². The van der Waals surface area contributed by atoms with Crippen molar-refractivity contribution in [1.29, 1.82) is 0 Å². The predicted octanol–water partition coefficient (Wildman–Crippen LogP) is -0.273. The summed E-state index contributed by atoms with van der Waals surface area (Å²) in [6.45, 7) is 6.85. The van der Waals surface area contributed by atoms with Crippen LogP contribution >= 0.6 is 0 Å². The first-order valence-electron chi connectivity index (χ1n) is 6.24. The molecule has 5 nitrogen and oxygen atoms in total. The minimum absolute atomic E-state index is 0.0361. The molecule has 1 saturated heterocycles. The second kappa shape index (κ2) is 6.93. The molecule has 0 radical (unpaired) electrons. The van der Waals surface area contributed by atoms with E-state index in [1.165, 1.54) is 0 Å². The highest BCUT2D eigenvalue weighted by atomic mass is 16.5. The number of ether oxygens (including phenoxy) is 1. The standard InChI is InChI=1S/C12H25N3O2/c1-11(15-7-9-17-10-8-15)12(16)14(4)6-5-13(2)3/h11H,5-10H2,1-4H3. The van der Waals surface area contributed by atoms with E-state index in [1.807, 2.05) is 33.0 Å². The van der Waals surface area contributed by atoms with Gasteiger partial charge in [-0.15, -0.1) is 0 Å². The summed E-state index contributed by atoms with van der Waals surface area (Å²) in [6, 6.07) is -0.0361. The second-order valence-corrected chi connectivity index (χ2v) is 4.89. The summed E-state index contributed by atoms with van der Waals surface area (Å²) in [5.74, 6) is 0.203. The number of hydrogen-bond acceptors (Lipinski definition) is 4. The zero-order valence-electron chi connectivity index (χ0n) is 11.5. The third-order valence-electron chi connectivity index (χ3n) is 3.21. The third-order valence-corrected chi connectivity index (χ3v) is 3.21. The molecule has 1 aliphatic heterocycles. The molecule has 0 saturated carbocycles. The highest BCUT2D eigenvalue weighted by molar-refractivity contribution is 5.81. The summed E-state index contributed by atoms with van der Waals surface area (Å²) in [7, 11) is 5.91. The van der Waals surface area contributed by atoms with Crippen LogP contribution in [0.2, 0.25) is 0 Å². The number of carbonyl (C=O) groups is 1. The minimum Gasteiger partial charge on any atom is -0.379 e. The van der Waals surface area contributed by atoms with Gasteiger partial charge < -0.3 is 14.5 Å². The van der Waals surface area contributed by atoms with Gasteiger partial charge in [0.1, 0.15) is 0 Å². The van der Waals surface area contributed by atoms with E-state index in [9.17, 15) is 4.79 Å². The van der Waals surface area contributed by atoms with Gasteiger partial charge in [-0.3, -0.25) is 9.69 Å². The quantitative estimate of drug-likeness (QED) is 0.666. The summed E-state index contributed by atoms with van der Waals surface area (Å²) in [4.78, 5) is 18.3. The Balaban J connectivity index is 2.38. The molecular formula is C12H25N3O2. The lowest BCUT2D eigenvalue weighted by atomic mass is 10.2. The fraction of sp³-hybridized carbons (Fsp3) is 0.917. The molecule has 1 heterocycles. The van der Waals surface area contributed by atoms with Crippen LogP contribution in [0.1, 0.15) is 6.92 Å². The summed E-state index contributed by atoms with van der Waals surface area (Å²) in [5, 5.41) is 0. The smallest absolute Gasteiger partial charge is 0.239 e. The van der Waals surface area contributed by atoms with E-state index in [-0.39, 0.29) is 11.9 Å². The fourth-order valence-electron chi connectivity index (χ4n) is 1.90. The van der Waals surface area contributed by atoms with Crippen molar-refractivity contribution in [2.75, 3.05) is 60.5 Å². The van der Waals surface area contributed by atoms with Crippen LogP contribution in [0.5, 0.6) is 0 Å². The molecule has 1 aliphatic rings. The van der Waals surface area contributed by atoms with Gasteiger partial charge in [0.15, 0.2) is 0 Å². The third kappa shape index (κ3) is 4.61. The molecular weight excluding hydrogens is 218 g/mol. The molecule has 1 fully saturated rings. The molecule has 1 atom stereocenters. The van der Waals surface area contributed by atoms with Crippen LogP contribution in [0.4, 0.5) is 0 Å². The van der Waals surface area contributed by atoms with Crippen LogP contribution in [0.25, 0.3) is 0 Å². The number of hydrogen-bond donors (Lipinski definition) is 0. The molecule has 0 N–H and O–H groups in total. The van der Waals surface area contributed by atoms with Crippen molar-refractivity contribution in [3.05, 3.63) is 0 Å². The lowest BCUT2D eigenvalue weighted by Gasteiger charge is -2.33. The highest BCUT2D eigenvalue weighted by Crippen LogP contribution is 2.06. The van der Waals surface area contributed by atoms with E-state index in [2.05, 4.69) is 9.80 Å². The zero-order valence-corrected chi connectivity index (χ0v) is 11.5. The number of rotatable bonds is 5. The average Bonchev–Trinajstić information content (AvgIpc) is 2.35. The summed E-state index contributed by atoms with van der Waals surface area (Å²) in [6.07, 6.45) is 0. The molecule has 0 bridgehead atoms. The Bertz CT molecular complexity index is 240. The topological polar surface area (TPSA) is 36.0 Å². The Labute approximate surface area is 104 Å². The summed E-state index contributed by atoms with van der Waals surface area (Å²) >= 11 is 0. The Morgan fingerprint density at radius 3 is 2.35 bits per heavy atom. The molecule has 0 aromatic rings. The lowest BCUT2D eigenvalue weighted by molar-refractivity contribution is -0.136. The normalized spacial score (nSPS) is 19.4. The van der Waals surface area contributed by atoms with E-state index < -0.39 is 0 Å². The van der Waals surface area contributed by atoms with E-state index in [4.69, 9.17) is 4.74 Å². The molecule has 1 rings (SSSR count). The van der Waals surface area contributed by atoms with Gasteiger partial charge in [0.2, 0.25) is 5.91 Å². The Morgan fingerprint density at radius 1 is 1.24 bits per heavy atom. The highest BCUT2D eigenvalue weighted by Gasteiger charge is 2.25. The van der Waals surface area contributed by atoms with Gasteiger partial charge >= 0.3 is 0 Å². The van der Waals surface area contributed by atoms with Crippen molar-refractivity contribution in [2.45, 2.75) is 13.0 Å². The monoisotopic (exact) mass is 243 g/mol. The van der Waals surface area contributed by atoms with Crippen molar-refractivity contribution in [3.8, 4) is 0 Å². The molecule has 0 aliphatic carbocycles. The SMILES string of the molecule is CC(C(=O)N(C)CCN(C)C)N1CCOCC1. The number of carbonyl (C=O) groups excluding carboxylic acids is 1. The first-order chi connectivity index (χ1) is 8.02. The van der Waals surface area contributed by atoms with Crippen molar-refractivity contribution < 1.29 is 9.53 Å². The molecule has 100 valence electrons. The van der Waals surface area contributed by atoms with Gasteiger partial charge in [-0.25, -0.2) is 0 Å². The molecule has 0 aromatic carbocycles. The van der Waals surface area contributed by atoms with Crippen LogP contribution in [-0.4, -0.2) is 87.2 Å². The molecule has 17 heavy (non-hydrogen) atoms. The maximum absolute atomic E-state index is 12.2. The molecule has 1 amide bonds. The van der Waals surface area contributed by atoms with Crippen LogP contribution in [0.3, 0.4) is 0 Å². The van der Waals surface area contributed by atoms with Gasteiger partial charge in [-0.1, -0.05) is 0 Å². The number of likely N-dealkylation sites (N-methyl/N-ethyl adjacent to an activating group) is 2. The van der Waals surface area contributed by atoms with Crippen molar-refractivity contribution in [1.82, 2.24) is 14.7 Å². The number of morpholine rings is 1. The van der Waals surface area contributed by atoms with E-state index in [1.54, 1.807) is 0 Å². The van der Waals surface area contributed by atoms with Gasteiger partial charge in [-0.2, -0.15) is 0 Å². The number of amides is 1. The van der Waals surface area contributed by atoms with Crippen LogP contribution in [0.15, 0.2) is 0 Å². The van der Waals surface area contributed by atoms with Crippen molar-refractivity contribution >= 4 is 5.91 Å². The largest absolute Gasteiger partial charge is 0.379 e. The molecule has 0 spiro atoms. The van der Waals surface area contributed by atoms with Gasteiger partial charge in [0.05, 0.1) is 19.3 Å². The molecule has 1 unspecified atom stereocenters. The van der Waals surface area contributed by atoms with Crippen LogP contribution < -0.4 is 0 Å². The fourth-order valence-corrected chi connectivity index (χ4v) is 1.90. The van der Waals surface area contributed by atoms with Crippen LogP contribution in [-0.2, 0) is 9.53 Å². The van der Waals surface area contributed by atoms with E-state index >= 15 is 0 Å².